The van der Waals surface area contributed by atoms with Gasteiger partial charge in [0.25, 0.3) is 0 Å². The van der Waals surface area contributed by atoms with Gasteiger partial charge in [-0.2, -0.15) is 0 Å². The van der Waals surface area contributed by atoms with E-state index in [4.69, 9.17) is 5.73 Å². The molecule has 2 aromatic heterocycles. The van der Waals surface area contributed by atoms with E-state index in [-0.39, 0.29) is 5.82 Å². The molecule has 96 valence electrons. The highest BCUT2D eigenvalue weighted by Gasteiger charge is 2.05. The predicted molar refractivity (Wildman–Crippen MR) is 72.3 cm³/mol. The second kappa shape index (κ2) is 4.82. The molecule has 0 aliphatic carbocycles. The van der Waals surface area contributed by atoms with Gasteiger partial charge in [-0.1, -0.05) is 18.2 Å². The maximum Gasteiger partial charge on any atom is 0.137 e. The van der Waals surface area contributed by atoms with Crippen LogP contribution in [0.3, 0.4) is 0 Å². The summed E-state index contributed by atoms with van der Waals surface area (Å²) in [5.41, 5.74) is 9.40. The highest BCUT2D eigenvalue weighted by atomic mass is 19.1. The Labute approximate surface area is 110 Å². The number of pyridine rings is 1. The molecule has 3 nitrogen and oxygen atoms in total. The first kappa shape index (κ1) is 11.9. The van der Waals surface area contributed by atoms with E-state index in [0.29, 0.717) is 13.0 Å². The molecule has 4 heteroatoms. The third-order valence-electron chi connectivity index (χ3n) is 3.11. The summed E-state index contributed by atoms with van der Waals surface area (Å²) < 4.78 is 15.1. The zero-order chi connectivity index (χ0) is 13.2. The van der Waals surface area contributed by atoms with Crippen LogP contribution in [0.2, 0.25) is 0 Å². The van der Waals surface area contributed by atoms with Gasteiger partial charge in [0.15, 0.2) is 0 Å². The minimum atomic E-state index is -0.219. The van der Waals surface area contributed by atoms with Crippen LogP contribution in [0.4, 0.5) is 4.39 Å². The van der Waals surface area contributed by atoms with Crippen molar-refractivity contribution in [2.24, 2.45) is 5.73 Å². The molecular formula is C15H14FN3. The van der Waals surface area contributed by atoms with Crippen molar-refractivity contribution in [2.45, 2.75) is 13.0 Å². The largest absolute Gasteiger partial charge is 0.325 e. The van der Waals surface area contributed by atoms with Gasteiger partial charge in [0.1, 0.15) is 11.5 Å². The standard InChI is InChI=1S/C15H14FN3/c16-12-4-1-3-11(7-12)8-13-10-19-14(9-17)5-2-6-15(19)18-13/h1-7,10H,8-9,17H2. The highest BCUT2D eigenvalue weighted by molar-refractivity contribution is 5.42. The molecule has 0 bridgehead atoms. The first-order valence-electron chi connectivity index (χ1n) is 6.16. The van der Waals surface area contributed by atoms with E-state index in [1.165, 1.54) is 12.1 Å². The lowest BCUT2D eigenvalue weighted by molar-refractivity contribution is 0.626. The van der Waals surface area contributed by atoms with Crippen molar-refractivity contribution in [1.29, 1.82) is 0 Å². The van der Waals surface area contributed by atoms with Gasteiger partial charge < -0.3 is 10.1 Å². The molecule has 0 saturated heterocycles. The Morgan fingerprint density at radius 1 is 1.16 bits per heavy atom. The van der Waals surface area contributed by atoms with E-state index in [9.17, 15) is 4.39 Å². The maximum absolute atomic E-state index is 13.2. The van der Waals surface area contributed by atoms with Crippen molar-refractivity contribution in [3.05, 3.63) is 71.4 Å². The molecule has 2 heterocycles. The molecule has 0 aliphatic rings. The van der Waals surface area contributed by atoms with Gasteiger partial charge in [-0.25, -0.2) is 9.37 Å². The van der Waals surface area contributed by atoms with Crippen LogP contribution in [0, 0.1) is 5.82 Å². The molecule has 0 radical (unpaired) electrons. The highest BCUT2D eigenvalue weighted by Crippen LogP contribution is 2.13. The van der Waals surface area contributed by atoms with E-state index in [0.717, 1.165) is 22.6 Å². The fraction of sp³-hybridized carbons (Fsp3) is 0.133. The fourth-order valence-corrected chi connectivity index (χ4v) is 2.23. The van der Waals surface area contributed by atoms with Crippen LogP contribution in [0.25, 0.3) is 5.65 Å². The van der Waals surface area contributed by atoms with Gasteiger partial charge in [-0.05, 0) is 29.8 Å². The van der Waals surface area contributed by atoms with E-state index in [2.05, 4.69) is 4.98 Å². The summed E-state index contributed by atoms with van der Waals surface area (Å²) in [4.78, 5) is 4.53. The van der Waals surface area contributed by atoms with E-state index < -0.39 is 0 Å². The fourth-order valence-electron chi connectivity index (χ4n) is 2.23. The quantitative estimate of drug-likeness (QED) is 0.781. The number of hydrogen-bond donors (Lipinski definition) is 1. The number of fused-ring (bicyclic) bond motifs is 1. The molecule has 0 spiro atoms. The second-order valence-electron chi connectivity index (χ2n) is 4.49. The summed E-state index contributed by atoms with van der Waals surface area (Å²) in [6.45, 7) is 0.465. The Hall–Kier alpha value is -2.20. The van der Waals surface area contributed by atoms with Crippen LogP contribution < -0.4 is 5.73 Å². The third kappa shape index (κ3) is 2.35. The van der Waals surface area contributed by atoms with Crippen molar-refractivity contribution < 1.29 is 4.39 Å². The Morgan fingerprint density at radius 2 is 2.00 bits per heavy atom. The smallest absolute Gasteiger partial charge is 0.137 e. The molecule has 0 atom stereocenters. The molecule has 0 amide bonds. The van der Waals surface area contributed by atoms with E-state index >= 15 is 0 Å². The minimum Gasteiger partial charge on any atom is -0.325 e. The van der Waals surface area contributed by atoms with Crippen LogP contribution in [-0.2, 0) is 13.0 Å². The maximum atomic E-state index is 13.2. The average molecular weight is 255 g/mol. The Morgan fingerprint density at radius 3 is 2.79 bits per heavy atom. The van der Waals surface area contributed by atoms with Gasteiger partial charge in [-0.3, -0.25) is 0 Å². The van der Waals surface area contributed by atoms with Crippen LogP contribution in [0.5, 0.6) is 0 Å². The lowest BCUT2D eigenvalue weighted by Crippen LogP contribution is -2.02. The normalized spacial score (nSPS) is 11.1. The molecule has 3 rings (SSSR count). The zero-order valence-electron chi connectivity index (χ0n) is 10.4. The number of benzene rings is 1. The van der Waals surface area contributed by atoms with Gasteiger partial charge in [0, 0.05) is 24.9 Å². The van der Waals surface area contributed by atoms with Gasteiger partial charge in [-0.15, -0.1) is 0 Å². The van der Waals surface area contributed by atoms with E-state index in [1.54, 1.807) is 6.07 Å². The molecule has 0 fully saturated rings. The molecule has 0 saturated carbocycles. The first-order valence-corrected chi connectivity index (χ1v) is 6.16. The number of aromatic nitrogens is 2. The van der Waals surface area contributed by atoms with Crippen molar-refractivity contribution in [3.8, 4) is 0 Å². The summed E-state index contributed by atoms with van der Waals surface area (Å²) in [6.07, 6.45) is 2.58. The van der Waals surface area contributed by atoms with Crippen molar-refractivity contribution in [1.82, 2.24) is 9.38 Å². The Bertz CT molecular complexity index is 718. The molecule has 3 aromatic rings. The van der Waals surface area contributed by atoms with E-state index in [1.807, 2.05) is 34.9 Å². The van der Waals surface area contributed by atoms with Crippen molar-refractivity contribution in [3.63, 3.8) is 0 Å². The molecule has 0 aliphatic heterocycles. The summed E-state index contributed by atoms with van der Waals surface area (Å²) in [6, 6.07) is 12.4. The van der Waals surface area contributed by atoms with Crippen molar-refractivity contribution >= 4 is 5.65 Å². The summed E-state index contributed by atoms with van der Waals surface area (Å²) in [5.74, 6) is -0.219. The van der Waals surface area contributed by atoms with Gasteiger partial charge in [0.05, 0.1) is 5.69 Å². The number of hydrogen-bond acceptors (Lipinski definition) is 2. The molecule has 2 N–H and O–H groups in total. The van der Waals surface area contributed by atoms with Crippen molar-refractivity contribution in [2.75, 3.05) is 0 Å². The average Bonchev–Trinajstić information content (AvgIpc) is 2.80. The monoisotopic (exact) mass is 255 g/mol. The summed E-state index contributed by atoms with van der Waals surface area (Å²) in [5, 5.41) is 0. The SMILES string of the molecule is NCc1cccc2nc(Cc3cccc(F)c3)cn12. The van der Waals surface area contributed by atoms with Gasteiger partial charge in [0.2, 0.25) is 0 Å². The topological polar surface area (TPSA) is 43.3 Å². The predicted octanol–water partition coefficient (Wildman–Crippen LogP) is 2.52. The number of nitrogens with two attached hydrogens (primary N) is 1. The van der Waals surface area contributed by atoms with Crippen LogP contribution >= 0.6 is 0 Å². The minimum absolute atomic E-state index is 0.219. The Kier molecular flexibility index (Phi) is 3.01. The first-order chi connectivity index (χ1) is 9.26. The van der Waals surface area contributed by atoms with Crippen LogP contribution in [-0.4, -0.2) is 9.38 Å². The third-order valence-corrected chi connectivity index (χ3v) is 3.11. The lowest BCUT2D eigenvalue weighted by Gasteiger charge is -2.00. The summed E-state index contributed by atoms with van der Waals surface area (Å²) >= 11 is 0. The molecule has 0 unspecified atom stereocenters. The Balaban J connectivity index is 1.98. The molecule has 19 heavy (non-hydrogen) atoms. The van der Waals surface area contributed by atoms with Gasteiger partial charge >= 0.3 is 0 Å². The number of halogens is 1. The second-order valence-corrected chi connectivity index (χ2v) is 4.49. The number of nitrogens with zero attached hydrogens (tertiary/aromatic N) is 2. The molecular weight excluding hydrogens is 241 g/mol. The van der Waals surface area contributed by atoms with Crippen LogP contribution in [0.15, 0.2) is 48.7 Å². The number of imidazole rings is 1. The van der Waals surface area contributed by atoms with Crippen LogP contribution in [0.1, 0.15) is 17.0 Å². The zero-order valence-corrected chi connectivity index (χ0v) is 10.4. The summed E-state index contributed by atoms with van der Waals surface area (Å²) in [7, 11) is 0. The lowest BCUT2D eigenvalue weighted by atomic mass is 10.1. The number of rotatable bonds is 3. The molecule has 1 aromatic carbocycles.